The third-order valence-corrected chi connectivity index (χ3v) is 3.48. The lowest BCUT2D eigenvalue weighted by molar-refractivity contribution is 0.602. The Morgan fingerprint density at radius 2 is 2.19 bits per heavy atom. The molecule has 0 aliphatic heterocycles. The molecule has 0 saturated carbocycles. The second-order valence-corrected chi connectivity index (χ2v) is 5.78. The van der Waals surface area contributed by atoms with E-state index in [0.29, 0.717) is 11.0 Å². The molecule has 6 heteroatoms. The van der Waals surface area contributed by atoms with Crippen molar-refractivity contribution in [3.05, 3.63) is 18.2 Å². The Balaban J connectivity index is 3.29. The Morgan fingerprint density at radius 3 is 2.69 bits per heavy atom. The van der Waals surface area contributed by atoms with Crippen LogP contribution in [-0.4, -0.2) is 21.2 Å². The van der Waals surface area contributed by atoms with Gasteiger partial charge in [-0.2, -0.15) is 0 Å². The van der Waals surface area contributed by atoms with Gasteiger partial charge in [0.1, 0.15) is 0 Å². The van der Waals surface area contributed by atoms with Crippen LogP contribution in [0.1, 0.15) is 0 Å². The van der Waals surface area contributed by atoms with E-state index >= 15 is 0 Å². The molecular formula is C10H10NO3PS. The summed E-state index contributed by atoms with van der Waals surface area (Å²) in [5, 5.41) is 3.21. The van der Waals surface area contributed by atoms with E-state index in [2.05, 4.69) is 11.2 Å². The van der Waals surface area contributed by atoms with E-state index in [9.17, 15) is 13.0 Å². The Morgan fingerprint density at radius 1 is 1.50 bits per heavy atom. The van der Waals surface area contributed by atoms with Crippen LogP contribution in [0.15, 0.2) is 23.1 Å². The lowest BCUT2D eigenvalue weighted by atomic mass is 10.3. The molecule has 0 unspecified atom stereocenters. The molecule has 1 rings (SSSR count). The zero-order valence-electron chi connectivity index (χ0n) is 8.60. The quantitative estimate of drug-likeness (QED) is 0.645. The number of nitrogens with one attached hydrogen (secondary N) is 1. The fourth-order valence-electron chi connectivity index (χ4n) is 1.17. The molecule has 0 aliphatic carbocycles. The number of hydrogen-bond donors (Lipinski definition) is 1. The molecule has 1 aromatic rings. The third kappa shape index (κ3) is 3.06. The van der Waals surface area contributed by atoms with E-state index in [1.165, 1.54) is 6.07 Å². The third-order valence-electron chi connectivity index (χ3n) is 1.85. The summed E-state index contributed by atoms with van der Waals surface area (Å²) in [5.41, 5.74) is 0.424. The van der Waals surface area contributed by atoms with Gasteiger partial charge in [0, 0.05) is 11.6 Å². The van der Waals surface area contributed by atoms with Crippen LogP contribution in [0.5, 0.6) is 0 Å². The zero-order valence-corrected chi connectivity index (χ0v) is 10.3. The van der Waals surface area contributed by atoms with Gasteiger partial charge in [0.15, 0.2) is 18.3 Å². The predicted molar refractivity (Wildman–Crippen MR) is 64.1 cm³/mol. The molecule has 4 nitrogen and oxygen atoms in total. The Kier molecular flexibility index (Phi) is 4.05. The highest BCUT2D eigenvalue weighted by atomic mass is 32.2. The molecule has 16 heavy (non-hydrogen) atoms. The van der Waals surface area contributed by atoms with Crippen molar-refractivity contribution >= 4 is 29.3 Å². The Hall–Kier alpha value is -1.37. The largest absolute Gasteiger partial charge is 0.373 e. The van der Waals surface area contributed by atoms with Crippen LogP contribution in [0.4, 0.5) is 5.69 Å². The number of hydrogen-bond acceptors (Lipinski definition) is 4. The number of benzene rings is 1. The van der Waals surface area contributed by atoms with Crippen LogP contribution in [0.2, 0.25) is 0 Å². The first-order valence-corrected chi connectivity index (χ1v) is 7.04. The first-order chi connectivity index (χ1) is 7.49. The summed E-state index contributed by atoms with van der Waals surface area (Å²) in [5.74, 6) is 2.35. The van der Waals surface area contributed by atoms with Crippen molar-refractivity contribution in [2.45, 2.75) is 4.90 Å². The van der Waals surface area contributed by atoms with Crippen molar-refractivity contribution in [3.63, 3.8) is 0 Å². The number of rotatable bonds is 4. The molecule has 0 fully saturated rings. The summed E-state index contributed by atoms with van der Waals surface area (Å²) in [7, 11) is -3.59. The SMILES string of the molecule is C#CCNc1ccc(P=O)cc1S(C)(=O)=O. The topological polar surface area (TPSA) is 63.2 Å². The summed E-state index contributed by atoms with van der Waals surface area (Å²) in [4.78, 5) is 0.101. The van der Waals surface area contributed by atoms with E-state index in [1.807, 2.05) is 0 Å². The van der Waals surface area contributed by atoms with E-state index in [1.54, 1.807) is 12.1 Å². The zero-order chi connectivity index (χ0) is 12.2. The maximum absolute atomic E-state index is 11.5. The van der Waals surface area contributed by atoms with Gasteiger partial charge >= 0.3 is 0 Å². The minimum absolute atomic E-state index is 0.101. The lowest BCUT2D eigenvalue weighted by Crippen LogP contribution is -2.09. The summed E-state index contributed by atoms with van der Waals surface area (Å²) in [6.45, 7) is 0.233. The van der Waals surface area contributed by atoms with Gasteiger partial charge in [-0.1, -0.05) is 5.92 Å². The highest BCUT2D eigenvalue weighted by Gasteiger charge is 2.13. The van der Waals surface area contributed by atoms with Gasteiger partial charge in [-0.3, -0.25) is 4.57 Å². The van der Waals surface area contributed by atoms with E-state index in [0.717, 1.165) is 6.26 Å². The molecular weight excluding hydrogens is 245 g/mol. The van der Waals surface area contributed by atoms with Crippen LogP contribution >= 0.6 is 8.46 Å². The molecule has 0 radical (unpaired) electrons. The highest BCUT2D eigenvalue weighted by molar-refractivity contribution is 7.90. The molecule has 0 amide bonds. The van der Waals surface area contributed by atoms with Crippen molar-refractivity contribution in [2.24, 2.45) is 0 Å². The maximum Gasteiger partial charge on any atom is 0.192 e. The van der Waals surface area contributed by atoms with Gasteiger partial charge in [0.05, 0.1) is 17.1 Å². The predicted octanol–water partition coefficient (Wildman–Crippen LogP) is 1.05. The van der Waals surface area contributed by atoms with E-state index < -0.39 is 9.84 Å². The van der Waals surface area contributed by atoms with Crippen LogP contribution in [0.25, 0.3) is 0 Å². The summed E-state index contributed by atoms with van der Waals surface area (Å²) < 4.78 is 33.6. The molecule has 0 saturated heterocycles. The fourth-order valence-corrected chi connectivity index (χ4v) is 2.45. The van der Waals surface area contributed by atoms with Crippen LogP contribution in [0, 0.1) is 12.3 Å². The second kappa shape index (κ2) is 5.11. The van der Waals surface area contributed by atoms with E-state index in [-0.39, 0.29) is 19.9 Å². The van der Waals surface area contributed by atoms with Gasteiger partial charge in [-0.05, 0) is 18.2 Å². The lowest BCUT2D eigenvalue weighted by Gasteiger charge is -2.08. The molecule has 0 aromatic heterocycles. The van der Waals surface area contributed by atoms with Gasteiger partial charge in [-0.25, -0.2) is 8.42 Å². The van der Waals surface area contributed by atoms with Crippen molar-refractivity contribution < 1.29 is 13.0 Å². The number of terminal acetylenes is 1. The summed E-state index contributed by atoms with van der Waals surface area (Å²) in [6, 6.07) is 4.48. The van der Waals surface area contributed by atoms with Crippen LogP contribution in [-0.2, 0) is 14.4 Å². The Bertz CT molecular complexity index is 546. The average Bonchev–Trinajstić information content (AvgIpc) is 2.25. The van der Waals surface area contributed by atoms with Gasteiger partial charge in [0.25, 0.3) is 0 Å². The fraction of sp³-hybridized carbons (Fsp3) is 0.200. The molecule has 0 heterocycles. The molecule has 0 aliphatic rings. The Labute approximate surface area is 96.2 Å². The average molecular weight is 255 g/mol. The van der Waals surface area contributed by atoms with Crippen molar-refractivity contribution in [1.29, 1.82) is 0 Å². The van der Waals surface area contributed by atoms with Gasteiger partial charge in [0.2, 0.25) is 0 Å². The minimum atomic E-state index is -3.37. The first-order valence-electron chi connectivity index (χ1n) is 4.34. The first kappa shape index (κ1) is 12.7. The molecule has 1 N–H and O–H groups in total. The van der Waals surface area contributed by atoms with Gasteiger partial charge in [-0.15, -0.1) is 6.42 Å². The smallest absolute Gasteiger partial charge is 0.192 e. The van der Waals surface area contributed by atoms with Crippen LogP contribution < -0.4 is 10.6 Å². The molecule has 0 bridgehead atoms. The van der Waals surface area contributed by atoms with Crippen molar-refractivity contribution in [1.82, 2.24) is 0 Å². The number of sulfone groups is 1. The monoisotopic (exact) mass is 255 g/mol. The number of anilines is 1. The second-order valence-electron chi connectivity index (χ2n) is 3.10. The molecule has 0 atom stereocenters. The molecule has 84 valence electrons. The van der Waals surface area contributed by atoms with Crippen molar-refractivity contribution in [3.8, 4) is 12.3 Å². The standard InChI is InChI=1S/C10H10NO3PS/c1-3-6-11-9-5-4-8(15-12)7-10(9)16(2,13)14/h1,4-5,7,11H,6H2,2H3. The van der Waals surface area contributed by atoms with Gasteiger partial charge < -0.3 is 5.32 Å². The van der Waals surface area contributed by atoms with Crippen LogP contribution in [0.3, 0.4) is 0 Å². The molecule has 0 spiro atoms. The summed E-state index contributed by atoms with van der Waals surface area (Å²) in [6.07, 6.45) is 6.17. The minimum Gasteiger partial charge on any atom is -0.373 e. The van der Waals surface area contributed by atoms with Crippen molar-refractivity contribution in [2.75, 3.05) is 18.1 Å². The van der Waals surface area contributed by atoms with E-state index in [4.69, 9.17) is 6.42 Å². The maximum atomic E-state index is 11.5. The molecule has 1 aromatic carbocycles. The normalized spacial score (nSPS) is 11.0. The highest BCUT2D eigenvalue weighted by Crippen LogP contribution is 2.20. The summed E-state index contributed by atoms with van der Waals surface area (Å²) >= 11 is 0.